The lowest BCUT2D eigenvalue weighted by Crippen LogP contribution is -2.28. The molecule has 0 saturated carbocycles. The van der Waals surface area contributed by atoms with Crippen LogP contribution in [0.3, 0.4) is 0 Å². The van der Waals surface area contributed by atoms with Crippen molar-refractivity contribution >= 4 is 11.6 Å². The van der Waals surface area contributed by atoms with Gasteiger partial charge in [-0.1, -0.05) is 0 Å². The first-order chi connectivity index (χ1) is 9.93. The summed E-state index contributed by atoms with van der Waals surface area (Å²) in [5.74, 6) is 2.98. The molecule has 1 unspecified atom stereocenters. The molecule has 21 heavy (non-hydrogen) atoms. The van der Waals surface area contributed by atoms with E-state index in [9.17, 15) is 13.6 Å². The molecule has 0 aliphatic heterocycles. The molecule has 1 aromatic carbocycles. The van der Waals surface area contributed by atoms with E-state index in [4.69, 9.17) is 5.84 Å². The van der Waals surface area contributed by atoms with Crippen LogP contribution in [-0.2, 0) is 7.05 Å². The molecule has 1 atom stereocenters. The van der Waals surface area contributed by atoms with Crippen molar-refractivity contribution in [3.05, 3.63) is 41.5 Å². The van der Waals surface area contributed by atoms with Crippen molar-refractivity contribution in [2.75, 3.05) is 5.43 Å². The van der Waals surface area contributed by atoms with Gasteiger partial charge in [0.05, 0.1) is 6.04 Å². The zero-order valence-electron chi connectivity index (χ0n) is 11.4. The highest BCUT2D eigenvalue weighted by Crippen LogP contribution is 2.20. The third-order valence-electron chi connectivity index (χ3n) is 2.93. The number of carbonyl (C=O) groups excluding carboxylic acids is 1. The van der Waals surface area contributed by atoms with E-state index >= 15 is 0 Å². The molecule has 0 bridgehead atoms. The number of aromatic nitrogens is 3. The van der Waals surface area contributed by atoms with E-state index in [1.54, 1.807) is 18.5 Å². The van der Waals surface area contributed by atoms with Gasteiger partial charge in [0.15, 0.2) is 17.5 Å². The number of rotatable bonds is 4. The van der Waals surface area contributed by atoms with Crippen LogP contribution in [0.4, 0.5) is 14.5 Å². The number of halogens is 2. The summed E-state index contributed by atoms with van der Waals surface area (Å²) in [6.45, 7) is 1.68. The smallest absolute Gasteiger partial charge is 0.252 e. The lowest BCUT2D eigenvalue weighted by atomic mass is 10.1. The van der Waals surface area contributed by atoms with Gasteiger partial charge in [-0.05, 0) is 19.1 Å². The van der Waals surface area contributed by atoms with Crippen molar-refractivity contribution < 1.29 is 13.6 Å². The number of aryl methyl sites for hydroxylation is 1. The van der Waals surface area contributed by atoms with Gasteiger partial charge in [-0.25, -0.2) is 8.78 Å². The van der Waals surface area contributed by atoms with Gasteiger partial charge in [-0.15, -0.1) is 10.2 Å². The Morgan fingerprint density at radius 3 is 2.48 bits per heavy atom. The fourth-order valence-corrected chi connectivity index (χ4v) is 1.87. The summed E-state index contributed by atoms with van der Waals surface area (Å²) in [6, 6.07) is 1.33. The first-order valence-electron chi connectivity index (χ1n) is 6.04. The summed E-state index contributed by atoms with van der Waals surface area (Å²) in [7, 11) is 1.72. The van der Waals surface area contributed by atoms with Crippen LogP contribution < -0.4 is 16.6 Å². The lowest BCUT2D eigenvalue weighted by Gasteiger charge is -2.13. The lowest BCUT2D eigenvalue weighted by molar-refractivity contribution is 0.0937. The molecule has 2 aromatic rings. The third-order valence-corrected chi connectivity index (χ3v) is 2.93. The third kappa shape index (κ3) is 2.97. The molecular formula is C12H14F2N6O. The molecular weight excluding hydrogens is 282 g/mol. The maximum Gasteiger partial charge on any atom is 0.252 e. The second-order valence-corrected chi connectivity index (χ2v) is 4.45. The molecule has 1 heterocycles. The number of nitrogens with two attached hydrogens (primary N) is 1. The summed E-state index contributed by atoms with van der Waals surface area (Å²) in [4.78, 5) is 12.0. The molecule has 0 spiro atoms. The van der Waals surface area contributed by atoms with Gasteiger partial charge in [0, 0.05) is 12.6 Å². The average Bonchev–Trinajstić information content (AvgIpc) is 2.84. The number of anilines is 1. The first-order valence-corrected chi connectivity index (χ1v) is 6.04. The summed E-state index contributed by atoms with van der Waals surface area (Å²) >= 11 is 0. The highest BCUT2D eigenvalue weighted by atomic mass is 19.1. The Hall–Kier alpha value is -2.55. The van der Waals surface area contributed by atoms with Crippen LogP contribution >= 0.6 is 0 Å². The number of nitrogens with one attached hydrogen (secondary N) is 2. The Labute approximate surface area is 119 Å². The maximum absolute atomic E-state index is 13.6. The second-order valence-electron chi connectivity index (χ2n) is 4.45. The minimum absolute atomic E-state index is 0.155. The molecule has 7 nitrogen and oxygen atoms in total. The molecule has 112 valence electrons. The van der Waals surface area contributed by atoms with Crippen LogP contribution in [0.25, 0.3) is 0 Å². The highest BCUT2D eigenvalue weighted by molar-refractivity contribution is 5.94. The van der Waals surface area contributed by atoms with E-state index in [1.807, 2.05) is 5.43 Å². The van der Waals surface area contributed by atoms with Crippen LogP contribution in [0, 0.1) is 11.6 Å². The largest absolute Gasteiger partial charge is 0.342 e. The van der Waals surface area contributed by atoms with Gasteiger partial charge in [0.25, 0.3) is 5.91 Å². The van der Waals surface area contributed by atoms with Crippen molar-refractivity contribution in [3.8, 4) is 0 Å². The zero-order chi connectivity index (χ0) is 15.6. The summed E-state index contributed by atoms with van der Waals surface area (Å²) in [6.07, 6.45) is 1.49. The maximum atomic E-state index is 13.6. The van der Waals surface area contributed by atoms with Crippen LogP contribution in [0.15, 0.2) is 18.5 Å². The quantitative estimate of drug-likeness (QED) is 0.574. The van der Waals surface area contributed by atoms with Gasteiger partial charge in [0.1, 0.15) is 12.0 Å². The normalized spacial score (nSPS) is 12.0. The Balaban J connectivity index is 2.19. The van der Waals surface area contributed by atoms with E-state index in [-0.39, 0.29) is 5.56 Å². The minimum Gasteiger partial charge on any atom is -0.342 e. The van der Waals surface area contributed by atoms with E-state index in [1.165, 1.54) is 6.33 Å². The van der Waals surface area contributed by atoms with Crippen LogP contribution in [0.1, 0.15) is 29.1 Å². The fourth-order valence-electron chi connectivity index (χ4n) is 1.87. The number of benzene rings is 1. The summed E-state index contributed by atoms with van der Waals surface area (Å²) in [5.41, 5.74) is 1.25. The zero-order valence-corrected chi connectivity index (χ0v) is 11.4. The molecule has 1 amide bonds. The van der Waals surface area contributed by atoms with Gasteiger partial charge < -0.3 is 15.3 Å². The molecule has 0 aliphatic rings. The topological polar surface area (TPSA) is 97.9 Å². The Kier molecular flexibility index (Phi) is 4.13. The first kappa shape index (κ1) is 14.9. The van der Waals surface area contributed by atoms with E-state index in [2.05, 4.69) is 15.5 Å². The molecule has 2 rings (SSSR count). The number of nitrogens with zero attached hydrogens (tertiary/aromatic N) is 3. The number of carbonyl (C=O) groups is 1. The number of hydrogen-bond donors (Lipinski definition) is 3. The van der Waals surface area contributed by atoms with E-state index in [0.29, 0.717) is 5.82 Å². The average molecular weight is 296 g/mol. The van der Waals surface area contributed by atoms with Gasteiger partial charge in [-0.3, -0.25) is 10.6 Å². The molecule has 9 heteroatoms. The molecule has 0 fully saturated rings. The molecule has 0 aliphatic carbocycles. The van der Waals surface area contributed by atoms with Crippen LogP contribution in [-0.4, -0.2) is 20.7 Å². The van der Waals surface area contributed by atoms with Crippen LogP contribution in [0.5, 0.6) is 0 Å². The number of hydrogen-bond acceptors (Lipinski definition) is 5. The van der Waals surface area contributed by atoms with Crippen molar-refractivity contribution in [1.29, 1.82) is 0 Å². The number of hydrazine groups is 1. The monoisotopic (exact) mass is 296 g/mol. The molecule has 0 radical (unpaired) electrons. The van der Waals surface area contributed by atoms with Crippen molar-refractivity contribution in [1.82, 2.24) is 20.1 Å². The standard InChI is InChI=1S/C12H14F2N6O/c1-6(11-19-16-5-20(11)2)17-12(21)7-3-8(13)10(18-15)9(14)4-7/h3-6,18H,15H2,1-2H3,(H,17,21). The predicted octanol–water partition coefficient (Wildman–Crippen LogP) is 0.870. The van der Waals surface area contributed by atoms with Gasteiger partial charge in [-0.2, -0.15) is 0 Å². The van der Waals surface area contributed by atoms with Crippen LogP contribution in [0.2, 0.25) is 0 Å². The summed E-state index contributed by atoms with van der Waals surface area (Å²) < 4.78 is 28.7. The molecule has 0 saturated heterocycles. The predicted molar refractivity (Wildman–Crippen MR) is 71.1 cm³/mol. The minimum atomic E-state index is -0.950. The van der Waals surface area contributed by atoms with Gasteiger partial charge >= 0.3 is 0 Å². The Morgan fingerprint density at radius 1 is 1.38 bits per heavy atom. The van der Waals surface area contributed by atoms with Crippen molar-refractivity contribution in [3.63, 3.8) is 0 Å². The summed E-state index contributed by atoms with van der Waals surface area (Å²) in [5, 5.41) is 10.1. The van der Waals surface area contributed by atoms with Crippen molar-refractivity contribution in [2.24, 2.45) is 12.9 Å². The Morgan fingerprint density at radius 2 is 2.00 bits per heavy atom. The van der Waals surface area contributed by atoms with Crippen molar-refractivity contribution in [2.45, 2.75) is 13.0 Å². The number of nitrogen functional groups attached to an aromatic ring is 1. The molecule has 1 aromatic heterocycles. The second kappa shape index (κ2) is 5.83. The fraction of sp³-hybridized carbons (Fsp3) is 0.250. The van der Waals surface area contributed by atoms with E-state index in [0.717, 1.165) is 12.1 Å². The molecule has 4 N–H and O–H groups in total. The SMILES string of the molecule is CC(NC(=O)c1cc(F)c(NN)c(F)c1)c1nncn1C. The highest BCUT2D eigenvalue weighted by Gasteiger charge is 2.18. The Bertz CT molecular complexity index is 649. The van der Waals surface area contributed by atoms with E-state index < -0.39 is 29.3 Å². The van der Waals surface area contributed by atoms with Gasteiger partial charge in [0.2, 0.25) is 0 Å². The number of amides is 1.